The van der Waals surface area contributed by atoms with E-state index in [4.69, 9.17) is 4.98 Å². The van der Waals surface area contributed by atoms with E-state index in [2.05, 4.69) is 20.1 Å². The van der Waals surface area contributed by atoms with Crippen molar-refractivity contribution in [3.63, 3.8) is 0 Å². The van der Waals surface area contributed by atoms with Crippen molar-refractivity contribution < 1.29 is 9.18 Å². The maximum Gasteiger partial charge on any atom is 0.227 e. The van der Waals surface area contributed by atoms with E-state index in [-0.39, 0.29) is 24.2 Å². The number of H-pyrrole nitrogens is 1. The van der Waals surface area contributed by atoms with Crippen molar-refractivity contribution in [1.29, 1.82) is 0 Å². The highest BCUT2D eigenvalue weighted by molar-refractivity contribution is 5.80. The number of carbonyl (C=O) groups excluding carboxylic acids is 1. The van der Waals surface area contributed by atoms with Gasteiger partial charge in [0.15, 0.2) is 0 Å². The molecule has 1 N–H and O–H groups in total. The Kier molecular flexibility index (Phi) is 5.36. The van der Waals surface area contributed by atoms with Crippen molar-refractivity contribution in [2.24, 2.45) is 0 Å². The second-order valence-corrected chi connectivity index (χ2v) is 8.19. The van der Waals surface area contributed by atoms with Crippen molar-refractivity contribution in [1.82, 2.24) is 25.1 Å². The van der Waals surface area contributed by atoms with Crippen LogP contribution in [0.2, 0.25) is 0 Å². The molecule has 1 unspecified atom stereocenters. The predicted octanol–water partition coefficient (Wildman–Crippen LogP) is 3.51. The maximum atomic E-state index is 13.5. The number of amides is 1. The third-order valence-electron chi connectivity index (χ3n) is 6.13. The molecule has 4 heterocycles. The summed E-state index contributed by atoms with van der Waals surface area (Å²) in [4.78, 5) is 26.4. The molecule has 2 aliphatic rings. The van der Waals surface area contributed by atoms with E-state index in [1.54, 1.807) is 24.5 Å². The fraction of sp³-hybridized carbons (Fsp3) is 0.391. The van der Waals surface area contributed by atoms with Crippen molar-refractivity contribution in [2.75, 3.05) is 24.5 Å². The normalized spacial score (nSPS) is 18.7. The Labute approximate surface area is 180 Å². The lowest BCUT2D eigenvalue weighted by atomic mass is 10.0. The molecule has 0 saturated carbocycles. The minimum atomic E-state index is -0.323. The first-order valence-electron chi connectivity index (χ1n) is 10.8. The number of benzene rings is 1. The van der Waals surface area contributed by atoms with Crippen LogP contribution in [0.1, 0.15) is 43.0 Å². The molecule has 2 aromatic heterocycles. The number of rotatable bonds is 5. The van der Waals surface area contributed by atoms with Crippen LogP contribution in [0, 0.1) is 5.82 Å². The average molecular weight is 420 g/mol. The minimum Gasteiger partial charge on any atom is -0.341 e. The summed E-state index contributed by atoms with van der Waals surface area (Å²) in [5, 5.41) is 7.39. The van der Waals surface area contributed by atoms with Crippen molar-refractivity contribution >= 4 is 11.9 Å². The van der Waals surface area contributed by atoms with Gasteiger partial charge in [-0.3, -0.25) is 9.89 Å². The molecule has 2 saturated heterocycles. The summed E-state index contributed by atoms with van der Waals surface area (Å²) in [7, 11) is 0. The molecule has 0 bridgehead atoms. The number of halogens is 1. The van der Waals surface area contributed by atoms with Crippen LogP contribution in [0.15, 0.2) is 42.7 Å². The minimum absolute atomic E-state index is 0.00547. The lowest BCUT2D eigenvalue weighted by molar-refractivity contribution is -0.131. The lowest BCUT2D eigenvalue weighted by Gasteiger charge is -2.25. The largest absolute Gasteiger partial charge is 0.341 e. The number of anilines is 1. The summed E-state index contributed by atoms with van der Waals surface area (Å²) in [5.41, 5.74) is 3.30. The smallest absolute Gasteiger partial charge is 0.227 e. The van der Waals surface area contributed by atoms with Crippen molar-refractivity contribution in [3.05, 3.63) is 59.8 Å². The molecule has 8 heteroatoms. The molecule has 2 fully saturated rings. The molecule has 1 atom stereocenters. The number of hydrogen-bond acceptors (Lipinski definition) is 5. The van der Waals surface area contributed by atoms with E-state index in [1.807, 2.05) is 11.0 Å². The standard InChI is InChI=1S/C23H25FN6O/c24-17-6-3-5-16(13-17)14-21(31)30-12-4-7-20(30)22-18(15-26-28-22)19-8-9-25-23(27-19)29-10-1-2-11-29/h3,5-6,8-9,13,15,20H,1-2,4,7,10-12,14H2,(H,26,28). The van der Waals surface area contributed by atoms with Crippen LogP contribution in [0.5, 0.6) is 0 Å². The van der Waals surface area contributed by atoms with E-state index >= 15 is 0 Å². The molecule has 0 radical (unpaired) electrons. The van der Waals surface area contributed by atoms with Gasteiger partial charge in [-0.2, -0.15) is 5.10 Å². The van der Waals surface area contributed by atoms with Crippen LogP contribution >= 0.6 is 0 Å². The second-order valence-electron chi connectivity index (χ2n) is 8.19. The molecular weight excluding hydrogens is 395 g/mol. The summed E-state index contributed by atoms with van der Waals surface area (Å²) in [6.07, 6.45) is 7.84. The van der Waals surface area contributed by atoms with Gasteiger partial charge >= 0.3 is 0 Å². The Morgan fingerprint density at radius 3 is 2.87 bits per heavy atom. The van der Waals surface area contributed by atoms with Crippen LogP contribution in [-0.4, -0.2) is 50.6 Å². The molecule has 31 heavy (non-hydrogen) atoms. The molecule has 2 aliphatic heterocycles. The van der Waals surface area contributed by atoms with Gasteiger partial charge in [-0.1, -0.05) is 12.1 Å². The van der Waals surface area contributed by atoms with E-state index < -0.39 is 0 Å². The number of nitrogens with zero attached hydrogens (tertiary/aromatic N) is 5. The molecular formula is C23H25FN6O. The van der Waals surface area contributed by atoms with E-state index in [9.17, 15) is 9.18 Å². The fourth-order valence-electron chi connectivity index (χ4n) is 4.61. The summed E-state index contributed by atoms with van der Waals surface area (Å²) in [5.74, 6) is 0.415. The highest BCUT2D eigenvalue weighted by Gasteiger charge is 2.33. The quantitative estimate of drug-likeness (QED) is 0.683. The van der Waals surface area contributed by atoms with Gasteiger partial charge in [-0.15, -0.1) is 0 Å². The lowest BCUT2D eigenvalue weighted by Crippen LogP contribution is -2.32. The molecule has 5 rings (SSSR count). The number of aromatic amines is 1. The van der Waals surface area contributed by atoms with Crippen molar-refractivity contribution in [2.45, 2.75) is 38.1 Å². The van der Waals surface area contributed by atoms with Gasteiger partial charge in [0, 0.05) is 31.4 Å². The first kappa shape index (κ1) is 19.7. The summed E-state index contributed by atoms with van der Waals surface area (Å²) < 4.78 is 13.5. The average Bonchev–Trinajstić information content (AvgIpc) is 3.55. The molecule has 1 amide bonds. The third kappa shape index (κ3) is 4.02. The highest BCUT2D eigenvalue weighted by atomic mass is 19.1. The summed E-state index contributed by atoms with van der Waals surface area (Å²) in [6.45, 7) is 2.64. The number of likely N-dealkylation sites (tertiary alicyclic amines) is 1. The van der Waals surface area contributed by atoms with Crippen LogP contribution < -0.4 is 4.90 Å². The zero-order chi connectivity index (χ0) is 21.2. The SMILES string of the molecule is O=C(Cc1cccc(F)c1)N1CCCC1c1[nH]ncc1-c1ccnc(N2CCCC2)n1. The number of hydrogen-bond donors (Lipinski definition) is 1. The zero-order valence-corrected chi connectivity index (χ0v) is 17.3. The van der Waals surface area contributed by atoms with Gasteiger partial charge in [0.05, 0.1) is 30.0 Å². The van der Waals surface area contributed by atoms with Gasteiger partial charge in [0.1, 0.15) is 5.82 Å². The van der Waals surface area contributed by atoms with Crippen LogP contribution in [0.3, 0.4) is 0 Å². The fourth-order valence-corrected chi connectivity index (χ4v) is 4.61. The molecule has 0 spiro atoms. The number of aromatic nitrogens is 4. The Bertz CT molecular complexity index is 1080. The molecule has 3 aromatic rings. The van der Waals surface area contributed by atoms with E-state index in [0.29, 0.717) is 12.1 Å². The van der Waals surface area contributed by atoms with E-state index in [0.717, 1.165) is 61.7 Å². The predicted molar refractivity (Wildman–Crippen MR) is 115 cm³/mol. The van der Waals surface area contributed by atoms with Gasteiger partial charge in [-0.25, -0.2) is 14.4 Å². The number of carbonyl (C=O) groups is 1. The second kappa shape index (κ2) is 8.45. The summed E-state index contributed by atoms with van der Waals surface area (Å²) in [6, 6.07) is 8.03. The zero-order valence-electron chi connectivity index (χ0n) is 17.3. The molecule has 1 aromatic carbocycles. The Morgan fingerprint density at radius 2 is 2.03 bits per heavy atom. The Morgan fingerprint density at radius 1 is 1.16 bits per heavy atom. The van der Waals surface area contributed by atoms with Crippen LogP contribution in [0.25, 0.3) is 11.3 Å². The molecule has 7 nitrogen and oxygen atoms in total. The van der Waals surface area contributed by atoms with Crippen LogP contribution in [-0.2, 0) is 11.2 Å². The van der Waals surface area contributed by atoms with Gasteiger partial charge in [0.25, 0.3) is 0 Å². The first-order valence-corrected chi connectivity index (χ1v) is 10.8. The third-order valence-corrected chi connectivity index (χ3v) is 6.13. The first-order chi connectivity index (χ1) is 15.2. The summed E-state index contributed by atoms with van der Waals surface area (Å²) >= 11 is 0. The van der Waals surface area contributed by atoms with Gasteiger partial charge in [-0.05, 0) is 49.4 Å². The Hall–Kier alpha value is -3.29. The highest BCUT2D eigenvalue weighted by Crippen LogP contribution is 2.36. The van der Waals surface area contributed by atoms with Crippen LogP contribution in [0.4, 0.5) is 10.3 Å². The Balaban J connectivity index is 1.39. The number of nitrogens with one attached hydrogen (secondary N) is 1. The van der Waals surface area contributed by atoms with E-state index in [1.165, 1.54) is 12.1 Å². The van der Waals surface area contributed by atoms with Gasteiger partial charge < -0.3 is 9.80 Å². The monoisotopic (exact) mass is 420 g/mol. The molecule has 160 valence electrons. The van der Waals surface area contributed by atoms with Crippen molar-refractivity contribution in [3.8, 4) is 11.3 Å². The topological polar surface area (TPSA) is 78.0 Å². The maximum absolute atomic E-state index is 13.5. The molecule has 0 aliphatic carbocycles. The van der Waals surface area contributed by atoms with Gasteiger partial charge in [0.2, 0.25) is 11.9 Å².